The zero-order chi connectivity index (χ0) is 11.7. The number of imidazole rings is 1. The highest BCUT2D eigenvalue weighted by atomic mass is 32.1. The average molecular weight is 249 g/mol. The van der Waals surface area contributed by atoms with Gasteiger partial charge in [0.25, 0.3) is 0 Å². The van der Waals surface area contributed by atoms with Crippen LogP contribution in [0.15, 0.2) is 24.1 Å². The molecule has 0 saturated heterocycles. The van der Waals surface area contributed by atoms with Gasteiger partial charge in [-0.2, -0.15) is 5.10 Å². The van der Waals surface area contributed by atoms with E-state index in [1.165, 1.54) is 6.33 Å². The van der Waals surface area contributed by atoms with E-state index in [4.69, 9.17) is 5.84 Å². The van der Waals surface area contributed by atoms with Crippen LogP contribution in [0.2, 0.25) is 0 Å². The lowest BCUT2D eigenvalue weighted by Gasteiger charge is -2.10. The fraction of sp³-hybridized carbons (Fsp3) is 0.222. The third-order valence-corrected chi connectivity index (χ3v) is 3.29. The Labute approximate surface area is 101 Å². The number of nitrogens with one attached hydrogen (secondary N) is 2. The van der Waals surface area contributed by atoms with Crippen LogP contribution in [0.3, 0.4) is 0 Å². The first kappa shape index (κ1) is 10.4. The Balaban J connectivity index is 1.83. The summed E-state index contributed by atoms with van der Waals surface area (Å²) in [6.07, 6.45) is 6.11. The quantitative estimate of drug-likeness (QED) is 0.455. The molecule has 17 heavy (non-hydrogen) atoms. The molecule has 0 saturated carbocycles. The minimum Gasteiger partial charge on any atom is -0.297 e. The Bertz CT molecular complexity index is 567. The SMILES string of the molecule is NNC(Cc1cn2ccsc2n1)c1ncn[nH]1. The largest absolute Gasteiger partial charge is 0.297 e. The third-order valence-electron chi connectivity index (χ3n) is 2.52. The van der Waals surface area contributed by atoms with E-state index in [1.54, 1.807) is 11.3 Å². The second-order valence-corrected chi connectivity index (χ2v) is 4.49. The number of fused-ring (bicyclic) bond motifs is 1. The molecule has 8 heteroatoms. The van der Waals surface area contributed by atoms with E-state index in [9.17, 15) is 0 Å². The van der Waals surface area contributed by atoms with E-state index >= 15 is 0 Å². The molecule has 3 rings (SSSR count). The maximum Gasteiger partial charge on any atom is 0.193 e. The molecule has 0 aliphatic rings. The summed E-state index contributed by atoms with van der Waals surface area (Å²) in [7, 11) is 0. The number of rotatable bonds is 4. The van der Waals surface area contributed by atoms with Crippen LogP contribution in [0.5, 0.6) is 0 Å². The summed E-state index contributed by atoms with van der Waals surface area (Å²) in [6.45, 7) is 0. The molecule has 0 radical (unpaired) electrons. The predicted octanol–water partition coefficient (Wildman–Crippen LogP) is 0.261. The van der Waals surface area contributed by atoms with Gasteiger partial charge in [-0.3, -0.25) is 15.3 Å². The van der Waals surface area contributed by atoms with Gasteiger partial charge < -0.3 is 0 Å². The maximum absolute atomic E-state index is 5.51. The van der Waals surface area contributed by atoms with Gasteiger partial charge >= 0.3 is 0 Å². The molecule has 0 aliphatic carbocycles. The van der Waals surface area contributed by atoms with Gasteiger partial charge in [0, 0.05) is 24.2 Å². The van der Waals surface area contributed by atoms with Crippen LogP contribution >= 0.6 is 11.3 Å². The van der Waals surface area contributed by atoms with Crippen molar-refractivity contribution < 1.29 is 0 Å². The molecule has 3 heterocycles. The molecular formula is C9H11N7S. The summed E-state index contributed by atoms with van der Waals surface area (Å²) in [5.74, 6) is 6.22. The molecule has 0 amide bonds. The number of nitrogens with two attached hydrogens (primary N) is 1. The van der Waals surface area contributed by atoms with Crippen LogP contribution < -0.4 is 11.3 Å². The van der Waals surface area contributed by atoms with Crippen molar-refractivity contribution >= 4 is 16.3 Å². The van der Waals surface area contributed by atoms with Crippen LogP contribution in [0.1, 0.15) is 17.6 Å². The molecule has 3 aromatic heterocycles. The summed E-state index contributed by atoms with van der Waals surface area (Å²) < 4.78 is 1.99. The molecule has 0 bridgehead atoms. The van der Waals surface area contributed by atoms with Crippen molar-refractivity contribution in [1.29, 1.82) is 0 Å². The molecule has 7 nitrogen and oxygen atoms in total. The van der Waals surface area contributed by atoms with E-state index in [-0.39, 0.29) is 6.04 Å². The minimum atomic E-state index is -0.109. The number of aromatic amines is 1. The third kappa shape index (κ3) is 1.93. The molecule has 0 aliphatic heterocycles. The number of hydrogen-bond acceptors (Lipinski definition) is 6. The lowest BCUT2D eigenvalue weighted by Crippen LogP contribution is -2.30. The van der Waals surface area contributed by atoms with Gasteiger partial charge in [0.15, 0.2) is 4.96 Å². The summed E-state index contributed by atoms with van der Waals surface area (Å²) in [5, 5.41) is 8.61. The van der Waals surface area contributed by atoms with Crippen molar-refractivity contribution in [2.45, 2.75) is 12.5 Å². The Morgan fingerprint density at radius 2 is 2.53 bits per heavy atom. The average Bonchev–Trinajstić information content (AvgIpc) is 3.01. The Morgan fingerprint density at radius 1 is 1.59 bits per heavy atom. The molecule has 88 valence electrons. The fourth-order valence-electron chi connectivity index (χ4n) is 1.70. The van der Waals surface area contributed by atoms with Crippen molar-refractivity contribution in [1.82, 2.24) is 30.0 Å². The molecule has 4 N–H and O–H groups in total. The number of hydrazine groups is 1. The number of hydrogen-bond donors (Lipinski definition) is 3. The van der Waals surface area contributed by atoms with Gasteiger partial charge in [-0.15, -0.1) is 11.3 Å². The Hall–Kier alpha value is -1.77. The second-order valence-electron chi connectivity index (χ2n) is 3.62. The van der Waals surface area contributed by atoms with Crippen molar-refractivity contribution in [2.24, 2.45) is 5.84 Å². The van der Waals surface area contributed by atoms with Crippen LogP contribution in [0, 0.1) is 0 Å². The van der Waals surface area contributed by atoms with E-state index in [0.717, 1.165) is 10.7 Å². The lowest BCUT2D eigenvalue weighted by atomic mass is 10.1. The predicted molar refractivity (Wildman–Crippen MR) is 63.2 cm³/mol. The normalized spacial score (nSPS) is 13.2. The van der Waals surface area contributed by atoms with Crippen LogP contribution in [-0.2, 0) is 6.42 Å². The fourth-order valence-corrected chi connectivity index (χ4v) is 2.42. The zero-order valence-electron chi connectivity index (χ0n) is 8.87. The standard InChI is InChI=1S/C9H11N7S/c10-14-7(8-11-5-12-15-8)3-6-4-16-1-2-17-9(16)13-6/h1-2,4-5,7,14H,3,10H2,(H,11,12,15). The smallest absolute Gasteiger partial charge is 0.193 e. The summed E-state index contributed by atoms with van der Waals surface area (Å²) in [4.78, 5) is 9.56. The van der Waals surface area contributed by atoms with E-state index < -0.39 is 0 Å². The number of H-pyrrole nitrogens is 1. The van der Waals surface area contributed by atoms with Gasteiger partial charge in [-0.1, -0.05) is 0 Å². The van der Waals surface area contributed by atoms with E-state index in [2.05, 4.69) is 25.6 Å². The van der Waals surface area contributed by atoms with Crippen molar-refractivity contribution in [3.05, 3.63) is 35.6 Å². The monoisotopic (exact) mass is 249 g/mol. The number of thiazole rings is 1. The van der Waals surface area contributed by atoms with Crippen molar-refractivity contribution in [3.63, 3.8) is 0 Å². The van der Waals surface area contributed by atoms with Gasteiger partial charge in [0.1, 0.15) is 12.2 Å². The topological polar surface area (TPSA) is 96.9 Å². The highest BCUT2D eigenvalue weighted by Crippen LogP contribution is 2.16. The van der Waals surface area contributed by atoms with Crippen LogP contribution in [0.4, 0.5) is 0 Å². The molecule has 0 fully saturated rings. The molecule has 0 aromatic carbocycles. The molecule has 1 atom stereocenters. The first-order valence-electron chi connectivity index (χ1n) is 5.09. The van der Waals surface area contributed by atoms with Gasteiger partial charge in [-0.25, -0.2) is 15.4 Å². The minimum absolute atomic E-state index is 0.109. The molecular weight excluding hydrogens is 238 g/mol. The number of nitrogens with zero attached hydrogens (tertiary/aromatic N) is 4. The van der Waals surface area contributed by atoms with E-state index in [0.29, 0.717) is 12.2 Å². The zero-order valence-corrected chi connectivity index (χ0v) is 9.68. The summed E-state index contributed by atoms with van der Waals surface area (Å²) in [5.41, 5.74) is 3.68. The molecule has 1 unspecified atom stereocenters. The highest BCUT2D eigenvalue weighted by Gasteiger charge is 2.15. The Morgan fingerprint density at radius 3 is 3.24 bits per heavy atom. The van der Waals surface area contributed by atoms with E-state index in [1.807, 2.05) is 22.2 Å². The number of aromatic nitrogens is 5. The first-order chi connectivity index (χ1) is 8.36. The Kier molecular flexibility index (Phi) is 2.59. The van der Waals surface area contributed by atoms with Gasteiger partial charge in [-0.05, 0) is 0 Å². The van der Waals surface area contributed by atoms with Gasteiger partial charge in [0.2, 0.25) is 0 Å². The second kappa shape index (κ2) is 4.24. The van der Waals surface area contributed by atoms with Crippen molar-refractivity contribution in [2.75, 3.05) is 0 Å². The van der Waals surface area contributed by atoms with Crippen LogP contribution in [-0.4, -0.2) is 24.6 Å². The summed E-state index contributed by atoms with van der Waals surface area (Å²) >= 11 is 1.60. The maximum atomic E-state index is 5.51. The van der Waals surface area contributed by atoms with Gasteiger partial charge in [0.05, 0.1) is 11.7 Å². The molecule has 3 aromatic rings. The summed E-state index contributed by atoms with van der Waals surface area (Å²) in [6, 6.07) is -0.109. The van der Waals surface area contributed by atoms with Crippen LogP contribution in [0.25, 0.3) is 4.96 Å². The molecule has 0 spiro atoms. The van der Waals surface area contributed by atoms with Crippen molar-refractivity contribution in [3.8, 4) is 0 Å². The highest BCUT2D eigenvalue weighted by molar-refractivity contribution is 7.15. The lowest BCUT2D eigenvalue weighted by molar-refractivity contribution is 0.520. The first-order valence-corrected chi connectivity index (χ1v) is 5.97.